The average Bonchev–Trinajstić information content (AvgIpc) is 3.02. The Bertz CT molecular complexity index is 781. The van der Waals surface area contributed by atoms with Crippen molar-refractivity contribution in [1.82, 2.24) is 4.98 Å². The van der Waals surface area contributed by atoms with Crippen LogP contribution in [0, 0.1) is 0 Å². The van der Waals surface area contributed by atoms with Crippen molar-refractivity contribution in [3.63, 3.8) is 0 Å². The van der Waals surface area contributed by atoms with Crippen molar-refractivity contribution in [2.75, 3.05) is 0 Å². The summed E-state index contributed by atoms with van der Waals surface area (Å²) in [6.07, 6.45) is 2.43. The third kappa shape index (κ3) is 3.35. The molecule has 0 spiro atoms. The normalized spacial score (nSPS) is 10.4. The predicted molar refractivity (Wildman–Crippen MR) is 83.1 cm³/mol. The minimum absolute atomic E-state index is 0.209. The molecule has 1 heterocycles. The Morgan fingerprint density at radius 3 is 2.73 bits per heavy atom. The molecule has 0 amide bonds. The number of aromatic nitrogens is 1. The summed E-state index contributed by atoms with van der Waals surface area (Å²) < 4.78 is 11.2. The highest BCUT2D eigenvalue weighted by atomic mass is 35.5. The van der Waals surface area contributed by atoms with Gasteiger partial charge >= 0.3 is 0 Å². The molecule has 0 aliphatic rings. The molecule has 0 aliphatic heterocycles. The minimum Gasteiger partial charge on any atom is -0.484 e. The number of benzene rings is 2. The lowest BCUT2D eigenvalue weighted by Crippen LogP contribution is -1.95. The molecule has 0 aliphatic carbocycles. The average molecular weight is 314 g/mol. The van der Waals surface area contributed by atoms with E-state index >= 15 is 0 Å². The van der Waals surface area contributed by atoms with Crippen LogP contribution in [0.15, 0.2) is 59.1 Å². The van der Waals surface area contributed by atoms with Crippen molar-refractivity contribution in [1.29, 1.82) is 0 Å². The van der Waals surface area contributed by atoms with E-state index in [1.165, 1.54) is 0 Å². The Morgan fingerprint density at radius 2 is 2.00 bits per heavy atom. The highest BCUT2D eigenvalue weighted by Gasteiger charge is 2.07. The zero-order valence-electron chi connectivity index (χ0n) is 11.5. The van der Waals surface area contributed by atoms with Crippen LogP contribution in [0.3, 0.4) is 0 Å². The molecule has 4 nitrogen and oxygen atoms in total. The van der Waals surface area contributed by atoms with Gasteiger partial charge in [0.2, 0.25) is 5.89 Å². The largest absolute Gasteiger partial charge is 0.484 e. The maximum Gasteiger partial charge on any atom is 0.232 e. The minimum atomic E-state index is 0.209. The summed E-state index contributed by atoms with van der Waals surface area (Å²) in [5.74, 6) is 1.75. The Kier molecular flexibility index (Phi) is 4.21. The molecular weight excluding hydrogens is 302 g/mol. The van der Waals surface area contributed by atoms with E-state index in [2.05, 4.69) is 4.98 Å². The fourth-order valence-electron chi connectivity index (χ4n) is 1.94. The molecule has 0 N–H and O–H groups in total. The highest BCUT2D eigenvalue weighted by Crippen LogP contribution is 2.24. The molecule has 0 radical (unpaired) electrons. The smallest absolute Gasteiger partial charge is 0.232 e. The van der Waals surface area contributed by atoms with Gasteiger partial charge in [0.05, 0.1) is 6.20 Å². The van der Waals surface area contributed by atoms with Crippen LogP contribution in [-0.4, -0.2) is 11.3 Å². The Labute approximate surface area is 132 Å². The first-order valence-corrected chi connectivity index (χ1v) is 7.01. The summed E-state index contributed by atoms with van der Waals surface area (Å²) in [6.45, 7) is 0.209. The molecule has 2 aromatic carbocycles. The molecule has 5 heteroatoms. The van der Waals surface area contributed by atoms with Crippen LogP contribution >= 0.6 is 11.6 Å². The molecular formula is C17H12ClNO3. The molecule has 0 unspecified atom stereocenters. The number of oxazole rings is 1. The predicted octanol–water partition coefficient (Wildman–Crippen LogP) is 4.39. The molecule has 3 rings (SSSR count). The quantitative estimate of drug-likeness (QED) is 0.656. The summed E-state index contributed by atoms with van der Waals surface area (Å²) in [5, 5.41) is 0.641. The van der Waals surface area contributed by atoms with Crippen LogP contribution in [0.4, 0.5) is 0 Å². The Balaban J connectivity index is 1.67. The lowest BCUT2D eigenvalue weighted by molar-refractivity contribution is 0.112. The third-order valence-corrected chi connectivity index (χ3v) is 3.28. The number of nitrogens with zero attached hydrogens (tertiary/aromatic N) is 1. The number of hydrogen-bond donors (Lipinski definition) is 0. The number of ether oxygens (including phenoxy) is 1. The van der Waals surface area contributed by atoms with Gasteiger partial charge in [-0.2, -0.15) is 0 Å². The number of hydrogen-bond acceptors (Lipinski definition) is 4. The summed E-state index contributed by atoms with van der Waals surface area (Å²) in [7, 11) is 0. The summed E-state index contributed by atoms with van der Waals surface area (Å²) in [6, 6.07) is 14.2. The van der Waals surface area contributed by atoms with Gasteiger partial charge in [-0.3, -0.25) is 4.79 Å². The second-order valence-corrected chi connectivity index (χ2v) is 5.04. The fraction of sp³-hybridized carbons (Fsp3) is 0.0588. The van der Waals surface area contributed by atoms with Gasteiger partial charge in [-0.15, -0.1) is 0 Å². The van der Waals surface area contributed by atoms with Crippen molar-refractivity contribution >= 4 is 17.9 Å². The lowest BCUT2D eigenvalue weighted by atomic mass is 10.2. The van der Waals surface area contributed by atoms with Gasteiger partial charge in [-0.05, 0) is 36.4 Å². The van der Waals surface area contributed by atoms with Crippen molar-refractivity contribution < 1.29 is 13.9 Å². The molecule has 3 aromatic rings. The van der Waals surface area contributed by atoms with E-state index < -0.39 is 0 Å². The van der Waals surface area contributed by atoms with E-state index in [1.54, 1.807) is 36.5 Å². The number of rotatable bonds is 5. The summed E-state index contributed by atoms with van der Waals surface area (Å²) in [5.41, 5.74) is 1.47. The molecule has 0 saturated carbocycles. The van der Waals surface area contributed by atoms with Gasteiger partial charge in [0.1, 0.15) is 12.0 Å². The zero-order valence-corrected chi connectivity index (χ0v) is 12.3. The van der Waals surface area contributed by atoms with Crippen LogP contribution in [-0.2, 0) is 6.61 Å². The van der Waals surface area contributed by atoms with Crippen LogP contribution in [0.5, 0.6) is 5.75 Å². The first-order chi connectivity index (χ1) is 10.7. The van der Waals surface area contributed by atoms with Crippen molar-refractivity contribution in [3.05, 3.63) is 71.2 Å². The van der Waals surface area contributed by atoms with Crippen LogP contribution in [0.25, 0.3) is 11.3 Å². The summed E-state index contributed by atoms with van der Waals surface area (Å²) >= 11 is 5.96. The number of carbonyl (C=O) groups is 1. The molecule has 0 bridgehead atoms. The van der Waals surface area contributed by atoms with Crippen LogP contribution in [0.1, 0.15) is 16.2 Å². The Morgan fingerprint density at radius 1 is 1.18 bits per heavy atom. The zero-order chi connectivity index (χ0) is 15.4. The standard InChI is InChI=1S/C17H12ClNO3/c18-14-3-1-2-13(8-14)16-9-19-17(22-16)11-21-15-6-4-12(10-20)5-7-15/h1-10H,11H2. The molecule has 0 atom stereocenters. The van der Waals surface area contributed by atoms with Gasteiger partial charge in [-0.25, -0.2) is 4.98 Å². The van der Waals surface area contributed by atoms with Gasteiger partial charge in [0.15, 0.2) is 12.4 Å². The van der Waals surface area contributed by atoms with Gasteiger partial charge in [-0.1, -0.05) is 23.7 Å². The monoisotopic (exact) mass is 313 g/mol. The van der Waals surface area contributed by atoms with Crippen molar-refractivity contribution in [2.24, 2.45) is 0 Å². The van der Waals surface area contributed by atoms with E-state index in [0.29, 0.717) is 28.0 Å². The fourth-order valence-corrected chi connectivity index (χ4v) is 2.13. The summed E-state index contributed by atoms with van der Waals surface area (Å²) in [4.78, 5) is 14.8. The van der Waals surface area contributed by atoms with Gasteiger partial charge < -0.3 is 9.15 Å². The van der Waals surface area contributed by atoms with E-state index in [-0.39, 0.29) is 6.61 Å². The van der Waals surface area contributed by atoms with Crippen LogP contribution < -0.4 is 4.74 Å². The molecule has 1 aromatic heterocycles. The molecule has 110 valence electrons. The van der Waals surface area contributed by atoms with Crippen molar-refractivity contribution in [3.8, 4) is 17.1 Å². The number of halogens is 1. The van der Waals surface area contributed by atoms with Gasteiger partial charge in [0, 0.05) is 16.1 Å². The molecule has 0 fully saturated rings. The molecule has 22 heavy (non-hydrogen) atoms. The van der Waals surface area contributed by atoms with Gasteiger partial charge in [0.25, 0.3) is 0 Å². The van der Waals surface area contributed by atoms with Crippen molar-refractivity contribution in [2.45, 2.75) is 6.61 Å². The van der Waals surface area contributed by atoms with E-state index in [0.717, 1.165) is 11.8 Å². The van der Waals surface area contributed by atoms with E-state index in [1.807, 2.05) is 18.2 Å². The SMILES string of the molecule is O=Cc1ccc(OCc2ncc(-c3cccc(Cl)c3)o2)cc1. The topological polar surface area (TPSA) is 52.3 Å². The van der Waals surface area contributed by atoms with Crippen LogP contribution in [0.2, 0.25) is 5.02 Å². The maximum atomic E-state index is 10.6. The number of carbonyl (C=O) groups excluding carboxylic acids is 1. The van der Waals surface area contributed by atoms with E-state index in [4.69, 9.17) is 20.8 Å². The highest BCUT2D eigenvalue weighted by molar-refractivity contribution is 6.30. The lowest BCUT2D eigenvalue weighted by Gasteiger charge is -2.03. The second-order valence-electron chi connectivity index (χ2n) is 4.60. The third-order valence-electron chi connectivity index (χ3n) is 3.04. The molecule has 0 saturated heterocycles. The second kappa shape index (κ2) is 6.45. The first kappa shape index (κ1) is 14.4. The number of aldehydes is 1. The maximum absolute atomic E-state index is 10.6. The Hall–Kier alpha value is -2.59. The first-order valence-electron chi connectivity index (χ1n) is 6.63. The van der Waals surface area contributed by atoms with E-state index in [9.17, 15) is 4.79 Å².